The second-order valence-corrected chi connectivity index (χ2v) is 8.16. The molecule has 1 aliphatic heterocycles. The molecule has 0 bridgehead atoms. The van der Waals surface area contributed by atoms with Gasteiger partial charge < -0.3 is 19.9 Å². The van der Waals surface area contributed by atoms with Crippen LogP contribution in [-0.2, 0) is 9.53 Å². The number of carbonyl (C=O) groups excluding carboxylic acids is 2. The molecule has 0 aromatic heterocycles. The number of ether oxygens (including phenoxy) is 1. The predicted octanol–water partition coefficient (Wildman–Crippen LogP) is 3.27. The van der Waals surface area contributed by atoms with Gasteiger partial charge in [0.05, 0.1) is 0 Å². The molecule has 1 fully saturated rings. The zero-order valence-corrected chi connectivity index (χ0v) is 17.2. The van der Waals surface area contributed by atoms with Crippen LogP contribution in [0.4, 0.5) is 10.5 Å². The van der Waals surface area contributed by atoms with Crippen LogP contribution in [0.1, 0.15) is 41.0 Å². The van der Waals surface area contributed by atoms with Crippen LogP contribution in [0.3, 0.4) is 0 Å². The van der Waals surface area contributed by atoms with Gasteiger partial charge in [-0.2, -0.15) is 0 Å². The minimum atomic E-state index is -0.589. The molecule has 0 radical (unpaired) electrons. The fourth-order valence-electron chi connectivity index (χ4n) is 3.14. The first kappa shape index (κ1) is 21.1. The smallest absolute Gasteiger partial charge is 0.408 e. The zero-order valence-electron chi connectivity index (χ0n) is 17.2. The van der Waals surface area contributed by atoms with Gasteiger partial charge in [0, 0.05) is 31.9 Å². The minimum absolute atomic E-state index is 0.0251. The summed E-state index contributed by atoms with van der Waals surface area (Å²) in [7, 11) is 0. The van der Waals surface area contributed by atoms with Gasteiger partial charge in [0.15, 0.2) is 0 Å². The molecule has 1 aromatic carbocycles. The summed E-state index contributed by atoms with van der Waals surface area (Å²) in [6.07, 6.45) is 0.264. The number of hydrogen-bond acceptors (Lipinski definition) is 4. The Morgan fingerprint density at radius 3 is 2.22 bits per heavy atom. The topological polar surface area (TPSA) is 61.9 Å². The molecule has 1 saturated heterocycles. The highest BCUT2D eigenvalue weighted by Gasteiger charge is 2.33. The molecule has 27 heavy (non-hydrogen) atoms. The summed E-state index contributed by atoms with van der Waals surface area (Å²) in [5.74, 6) is 0.0140. The summed E-state index contributed by atoms with van der Waals surface area (Å²) in [5.41, 5.74) is 0.587. The molecule has 1 aromatic rings. The van der Waals surface area contributed by atoms with Crippen LogP contribution < -0.4 is 10.2 Å². The van der Waals surface area contributed by atoms with Crippen molar-refractivity contribution >= 4 is 17.7 Å². The number of anilines is 1. The Labute approximate surface area is 162 Å². The number of rotatable bonds is 5. The Kier molecular flexibility index (Phi) is 7.11. The Morgan fingerprint density at radius 2 is 1.70 bits per heavy atom. The molecule has 2 atom stereocenters. The summed E-state index contributed by atoms with van der Waals surface area (Å²) in [6, 6.07) is 9.66. The molecular weight excluding hydrogens is 342 g/mol. The second kappa shape index (κ2) is 9.11. The molecule has 2 amide bonds. The lowest BCUT2D eigenvalue weighted by Crippen LogP contribution is -2.57. The summed E-state index contributed by atoms with van der Waals surface area (Å²) in [5, 5.41) is 2.80. The zero-order chi connectivity index (χ0) is 20.0. The number of benzene rings is 1. The van der Waals surface area contributed by atoms with Crippen molar-refractivity contribution in [3.05, 3.63) is 30.3 Å². The first-order chi connectivity index (χ1) is 12.7. The Hall–Kier alpha value is -2.24. The number of alkyl carbamates (subject to hydrolysis) is 1. The van der Waals surface area contributed by atoms with Crippen molar-refractivity contribution in [2.45, 2.75) is 52.7 Å². The Balaban J connectivity index is 1.98. The molecule has 2 rings (SSSR count). The van der Waals surface area contributed by atoms with Gasteiger partial charge in [-0.05, 0) is 38.8 Å². The standard InChI is InChI=1S/C21H33N3O3/c1-6-16(2)18(22-20(26)27-21(3,4)5)19(25)24-14-12-23(13-15-24)17-10-8-7-9-11-17/h7-11,16,18H,6,12-15H2,1-5H3,(H,22,26). The van der Waals surface area contributed by atoms with Crippen molar-refractivity contribution in [3.63, 3.8) is 0 Å². The van der Waals surface area contributed by atoms with Gasteiger partial charge >= 0.3 is 6.09 Å². The number of nitrogens with zero attached hydrogens (tertiary/aromatic N) is 2. The van der Waals surface area contributed by atoms with Gasteiger partial charge in [-0.15, -0.1) is 0 Å². The van der Waals surface area contributed by atoms with E-state index in [9.17, 15) is 9.59 Å². The van der Waals surface area contributed by atoms with Gasteiger partial charge in [0.2, 0.25) is 5.91 Å². The third-order valence-electron chi connectivity index (χ3n) is 4.86. The van der Waals surface area contributed by atoms with E-state index in [0.717, 1.165) is 19.5 Å². The monoisotopic (exact) mass is 375 g/mol. The van der Waals surface area contributed by atoms with Gasteiger partial charge in [0.25, 0.3) is 0 Å². The van der Waals surface area contributed by atoms with Gasteiger partial charge in [-0.3, -0.25) is 4.79 Å². The van der Waals surface area contributed by atoms with Gasteiger partial charge in [-0.25, -0.2) is 4.79 Å². The highest BCUT2D eigenvalue weighted by molar-refractivity contribution is 5.86. The number of nitrogens with one attached hydrogen (secondary N) is 1. The van der Waals surface area contributed by atoms with Gasteiger partial charge in [-0.1, -0.05) is 38.5 Å². The van der Waals surface area contributed by atoms with Crippen LogP contribution in [-0.4, -0.2) is 54.7 Å². The minimum Gasteiger partial charge on any atom is -0.444 e. The quantitative estimate of drug-likeness (QED) is 0.858. The third-order valence-corrected chi connectivity index (χ3v) is 4.86. The van der Waals surface area contributed by atoms with Crippen molar-refractivity contribution in [3.8, 4) is 0 Å². The molecule has 1 N–H and O–H groups in total. The van der Waals surface area contributed by atoms with E-state index in [-0.39, 0.29) is 11.8 Å². The van der Waals surface area contributed by atoms with Crippen molar-refractivity contribution in [2.75, 3.05) is 31.1 Å². The number of amides is 2. The van der Waals surface area contributed by atoms with E-state index in [1.165, 1.54) is 5.69 Å². The molecule has 2 unspecified atom stereocenters. The van der Waals surface area contributed by atoms with E-state index in [0.29, 0.717) is 13.1 Å². The molecule has 0 aliphatic carbocycles. The highest BCUT2D eigenvalue weighted by Crippen LogP contribution is 2.18. The summed E-state index contributed by atoms with van der Waals surface area (Å²) in [4.78, 5) is 29.4. The first-order valence-corrected chi connectivity index (χ1v) is 9.79. The molecule has 6 nitrogen and oxygen atoms in total. The van der Waals surface area contributed by atoms with E-state index in [1.807, 2.05) is 57.7 Å². The van der Waals surface area contributed by atoms with Gasteiger partial charge in [0.1, 0.15) is 11.6 Å². The molecular formula is C21H33N3O3. The molecule has 0 saturated carbocycles. The molecule has 1 heterocycles. The predicted molar refractivity (Wildman–Crippen MR) is 108 cm³/mol. The fraction of sp³-hybridized carbons (Fsp3) is 0.619. The van der Waals surface area contributed by atoms with E-state index >= 15 is 0 Å². The lowest BCUT2D eigenvalue weighted by atomic mass is 9.97. The maximum absolute atomic E-state index is 13.1. The van der Waals surface area contributed by atoms with Crippen LogP contribution in [0, 0.1) is 5.92 Å². The van der Waals surface area contributed by atoms with Crippen LogP contribution in [0.5, 0.6) is 0 Å². The maximum atomic E-state index is 13.1. The normalized spacial score (nSPS) is 17.2. The first-order valence-electron chi connectivity index (χ1n) is 9.79. The van der Waals surface area contributed by atoms with Crippen LogP contribution in [0.15, 0.2) is 30.3 Å². The van der Waals surface area contributed by atoms with Crippen LogP contribution in [0.25, 0.3) is 0 Å². The van der Waals surface area contributed by atoms with Crippen LogP contribution >= 0.6 is 0 Å². The molecule has 0 spiro atoms. The number of carbonyl (C=O) groups is 2. The highest BCUT2D eigenvalue weighted by atomic mass is 16.6. The largest absolute Gasteiger partial charge is 0.444 e. The van der Waals surface area contributed by atoms with Crippen LogP contribution in [0.2, 0.25) is 0 Å². The molecule has 1 aliphatic rings. The summed E-state index contributed by atoms with van der Waals surface area (Å²) >= 11 is 0. The lowest BCUT2D eigenvalue weighted by molar-refractivity contribution is -0.135. The van der Waals surface area contributed by atoms with Crippen molar-refractivity contribution in [1.82, 2.24) is 10.2 Å². The Bertz CT molecular complexity index is 619. The lowest BCUT2D eigenvalue weighted by Gasteiger charge is -2.38. The van der Waals surface area contributed by atoms with Crippen molar-refractivity contribution in [2.24, 2.45) is 5.92 Å². The molecule has 150 valence electrons. The summed E-state index contributed by atoms with van der Waals surface area (Å²) in [6.45, 7) is 12.3. The SMILES string of the molecule is CCC(C)C(NC(=O)OC(C)(C)C)C(=O)N1CCN(c2ccccc2)CC1. The second-order valence-electron chi connectivity index (χ2n) is 8.16. The number of hydrogen-bond donors (Lipinski definition) is 1. The van der Waals surface area contributed by atoms with E-state index in [1.54, 1.807) is 0 Å². The molecule has 6 heteroatoms. The van der Waals surface area contributed by atoms with E-state index < -0.39 is 17.7 Å². The van der Waals surface area contributed by atoms with Crippen molar-refractivity contribution < 1.29 is 14.3 Å². The average Bonchev–Trinajstić information content (AvgIpc) is 2.64. The fourth-order valence-corrected chi connectivity index (χ4v) is 3.14. The number of para-hydroxylation sites is 1. The van der Waals surface area contributed by atoms with E-state index in [2.05, 4.69) is 22.3 Å². The van der Waals surface area contributed by atoms with Crippen molar-refractivity contribution in [1.29, 1.82) is 0 Å². The average molecular weight is 376 g/mol. The van der Waals surface area contributed by atoms with E-state index in [4.69, 9.17) is 4.74 Å². The third kappa shape index (κ3) is 6.15. The number of piperazine rings is 1. The summed E-state index contributed by atoms with van der Waals surface area (Å²) < 4.78 is 5.35. The maximum Gasteiger partial charge on any atom is 0.408 e. The Morgan fingerprint density at radius 1 is 1.11 bits per heavy atom.